The molecule has 0 saturated heterocycles. The predicted molar refractivity (Wildman–Crippen MR) is 78.5 cm³/mol. The maximum Gasteiger partial charge on any atom is 0.238 e. The van der Waals surface area contributed by atoms with Crippen LogP contribution >= 0.6 is 0 Å². The lowest BCUT2D eigenvalue weighted by Crippen LogP contribution is -2.50. The fourth-order valence-corrected chi connectivity index (χ4v) is 2.39. The summed E-state index contributed by atoms with van der Waals surface area (Å²) in [4.78, 5) is 24.7. The first-order valence-corrected chi connectivity index (χ1v) is 7.11. The number of hydrogen-bond donors (Lipinski definition) is 2. The molecule has 0 bridgehead atoms. The van der Waals surface area contributed by atoms with E-state index in [9.17, 15) is 14.0 Å². The zero-order valence-corrected chi connectivity index (χ0v) is 11.9. The Morgan fingerprint density at radius 3 is 2.71 bits per heavy atom. The number of nitrogens with one attached hydrogen (secondary N) is 2. The van der Waals surface area contributed by atoms with Crippen molar-refractivity contribution < 1.29 is 14.0 Å². The molecule has 1 aromatic rings. The Bertz CT molecular complexity index is 540. The van der Waals surface area contributed by atoms with E-state index in [0.717, 1.165) is 6.42 Å². The lowest BCUT2D eigenvalue weighted by molar-refractivity contribution is -0.123. The van der Waals surface area contributed by atoms with E-state index in [-0.39, 0.29) is 17.5 Å². The standard InChI is InChI=1S/C16H19FN2O2/c1-2-18-16(21)14-13(5-3-4-10-19-14)15(20)11-6-8-12(17)9-7-11/h3,5-9,13-14,19H,2,4,10H2,1H3,(H,18,21). The van der Waals surface area contributed by atoms with Gasteiger partial charge >= 0.3 is 0 Å². The van der Waals surface area contributed by atoms with Crippen LogP contribution in [0.1, 0.15) is 23.7 Å². The molecule has 2 rings (SSSR count). The van der Waals surface area contributed by atoms with Gasteiger partial charge in [0.2, 0.25) is 5.91 Å². The molecule has 21 heavy (non-hydrogen) atoms. The Morgan fingerprint density at radius 2 is 2.05 bits per heavy atom. The quantitative estimate of drug-likeness (QED) is 0.655. The SMILES string of the molecule is CCNC(=O)C1NCCC=CC1C(=O)c1ccc(F)cc1. The summed E-state index contributed by atoms with van der Waals surface area (Å²) in [6, 6.07) is 4.81. The minimum Gasteiger partial charge on any atom is -0.355 e. The van der Waals surface area contributed by atoms with Crippen LogP contribution in [0.4, 0.5) is 4.39 Å². The Kier molecular flexibility index (Phi) is 5.22. The van der Waals surface area contributed by atoms with Gasteiger partial charge in [-0.05, 0) is 44.2 Å². The fourth-order valence-electron chi connectivity index (χ4n) is 2.39. The van der Waals surface area contributed by atoms with Gasteiger partial charge in [-0.3, -0.25) is 9.59 Å². The smallest absolute Gasteiger partial charge is 0.238 e. The maximum absolute atomic E-state index is 13.0. The number of halogens is 1. The first-order valence-electron chi connectivity index (χ1n) is 7.11. The molecule has 5 heteroatoms. The van der Waals surface area contributed by atoms with Crippen LogP contribution in [0.15, 0.2) is 36.4 Å². The Morgan fingerprint density at radius 1 is 1.33 bits per heavy atom. The zero-order chi connectivity index (χ0) is 15.2. The number of hydrogen-bond acceptors (Lipinski definition) is 3. The first kappa shape index (κ1) is 15.4. The van der Waals surface area contributed by atoms with Gasteiger partial charge in [0.05, 0.1) is 5.92 Å². The minimum atomic E-state index is -0.596. The summed E-state index contributed by atoms with van der Waals surface area (Å²) in [6.07, 6.45) is 4.44. The highest BCUT2D eigenvalue weighted by molar-refractivity contribution is 6.02. The molecule has 0 spiro atoms. The molecule has 0 saturated carbocycles. The lowest BCUT2D eigenvalue weighted by atomic mass is 9.90. The van der Waals surface area contributed by atoms with E-state index in [1.807, 2.05) is 13.0 Å². The highest BCUT2D eigenvalue weighted by Gasteiger charge is 2.32. The predicted octanol–water partition coefficient (Wildman–Crippen LogP) is 1.68. The number of rotatable bonds is 4. The van der Waals surface area contributed by atoms with E-state index in [0.29, 0.717) is 18.7 Å². The average molecular weight is 290 g/mol. The minimum absolute atomic E-state index is 0.183. The second-order valence-electron chi connectivity index (χ2n) is 4.94. The molecule has 4 nitrogen and oxygen atoms in total. The summed E-state index contributed by atoms with van der Waals surface area (Å²) in [6.45, 7) is 2.99. The van der Waals surface area contributed by atoms with Crippen LogP contribution in [0.2, 0.25) is 0 Å². The van der Waals surface area contributed by atoms with Crippen molar-refractivity contribution in [3.05, 3.63) is 47.8 Å². The third-order valence-corrected chi connectivity index (χ3v) is 3.44. The van der Waals surface area contributed by atoms with Crippen molar-refractivity contribution in [3.63, 3.8) is 0 Å². The fraction of sp³-hybridized carbons (Fsp3) is 0.375. The van der Waals surface area contributed by atoms with Gasteiger partial charge in [-0.1, -0.05) is 12.2 Å². The van der Waals surface area contributed by atoms with Crippen LogP contribution in [0.5, 0.6) is 0 Å². The summed E-state index contributed by atoms with van der Waals surface area (Å²) in [7, 11) is 0. The van der Waals surface area contributed by atoms with Gasteiger partial charge < -0.3 is 10.6 Å². The van der Waals surface area contributed by atoms with Crippen LogP contribution in [0.3, 0.4) is 0 Å². The monoisotopic (exact) mass is 290 g/mol. The van der Waals surface area contributed by atoms with Crippen LogP contribution in [-0.2, 0) is 4.79 Å². The van der Waals surface area contributed by atoms with E-state index in [1.165, 1.54) is 24.3 Å². The van der Waals surface area contributed by atoms with Crippen molar-refractivity contribution in [2.45, 2.75) is 19.4 Å². The largest absolute Gasteiger partial charge is 0.355 e. The highest BCUT2D eigenvalue weighted by atomic mass is 19.1. The molecule has 1 aromatic carbocycles. The van der Waals surface area contributed by atoms with Crippen LogP contribution in [0, 0.1) is 11.7 Å². The molecule has 1 aliphatic rings. The summed E-state index contributed by atoms with van der Waals surface area (Å²) in [5, 5.41) is 5.85. The molecule has 0 aromatic heterocycles. The van der Waals surface area contributed by atoms with Crippen molar-refractivity contribution in [2.75, 3.05) is 13.1 Å². The van der Waals surface area contributed by atoms with E-state index < -0.39 is 12.0 Å². The molecule has 2 unspecified atom stereocenters. The van der Waals surface area contributed by atoms with Gasteiger partial charge in [0, 0.05) is 12.1 Å². The van der Waals surface area contributed by atoms with Crippen molar-refractivity contribution in [1.29, 1.82) is 0 Å². The maximum atomic E-state index is 13.0. The van der Waals surface area contributed by atoms with Gasteiger partial charge in [0.1, 0.15) is 11.9 Å². The van der Waals surface area contributed by atoms with Crippen LogP contribution in [-0.4, -0.2) is 30.8 Å². The Balaban J connectivity index is 2.25. The average Bonchev–Trinajstić information content (AvgIpc) is 2.73. The van der Waals surface area contributed by atoms with Gasteiger partial charge in [-0.25, -0.2) is 4.39 Å². The van der Waals surface area contributed by atoms with E-state index >= 15 is 0 Å². The van der Waals surface area contributed by atoms with E-state index in [2.05, 4.69) is 10.6 Å². The number of ketones is 1. The Hall–Kier alpha value is -2.01. The molecular weight excluding hydrogens is 271 g/mol. The van der Waals surface area contributed by atoms with Gasteiger partial charge in [-0.15, -0.1) is 0 Å². The van der Waals surface area contributed by atoms with Crippen LogP contribution < -0.4 is 10.6 Å². The summed E-state index contributed by atoms with van der Waals surface area (Å²) in [5.41, 5.74) is 0.407. The second kappa shape index (κ2) is 7.13. The molecule has 0 radical (unpaired) electrons. The van der Waals surface area contributed by atoms with Gasteiger partial charge in [0.25, 0.3) is 0 Å². The lowest BCUT2D eigenvalue weighted by Gasteiger charge is -2.22. The molecular formula is C16H19FN2O2. The first-order chi connectivity index (χ1) is 10.1. The Labute approximate surface area is 123 Å². The highest BCUT2D eigenvalue weighted by Crippen LogP contribution is 2.18. The number of benzene rings is 1. The van der Waals surface area contributed by atoms with Crippen LogP contribution in [0.25, 0.3) is 0 Å². The summed E-state index contributed by atoms with van der Waals surface area (Å²) < 4.78 is 13.0. The number of likely N-dealkylation sites (N-methyl/N-ethyl adjacent to an activating group) is 1. The van der Waals surface area contributed by atoms with E-state index in [4.69, 9.17) is 0 Å². The summed E-state index contributed by atoms with van der Waals surface area (Å²) >= 11 is 0. The molecule has 0 fully saturated rings. The van der Waals surface area contributed by atoms with Gasteiger partial charge in [-0.2, -0.15) is 0 Å². The topological polar surface area (TPSA) is 58.2 Å². The number of carbonyl (C=O) groups excluding carboxylic acids is 2. The van der Waals surface area contributed by atoms with E-state index in [1.54, 1.807) is 6.08 Å². The number of carbonyl (C=O) groups is 2. The number of Topliss-reactive ketones (excluding diaryl/α,β-unsaturated/α-hetero) is 1. The molecule has 2 N–H and O–H groups in total. The zero-order valence-electron chi connectivity index (χ0n) is 11.9. The van der Waals surface area contributed by atoms with Crippen molar-refractivity contribution in [3.8, 4) is 0 Å². The van der Waals surface area contributed by atoms with Crippen molar-refractivity contribution in [1.82, 2.24) is 10.6 Å². The molecule has 0 aliphatic carbocycles. The molecule has 1 amide bonds. The summed E-state index contributed by atoms with van der Waals surface area (Å²) in [5.74, 6) is -1.34. The van der Waals surface area contributed by atoms with Crippen molar-refractivity contribution >= 4 is 11.7 Å². The third-order valence-electron chi connectivity index (χ3n) is 3.44. The third kappa shape index (κ3) is 3.76. The van der Waals surface area contributed by atoms with Gasteiger partial charge in [0.15, 0.2) is 5.78 Å². The molecule has 112 valence electrons. The second-order valence-corrected chi connectivity index (χ2v) is 4.94. The molecule has 1 heterocycles. The van der Waals surface area contributed by atoms with Crippen molar-refractivity contribution in [2.24, 2.45) is 5.92 Å². The molecule has 2 atom stereocenters. The molecule has 1 aliphatic heterocycles. The normalized spacial score (nSPS) is 21.6. The number of amides is 1.